The van der Waals surface area contributed by atoms with Crippen LogP contribution in [0.1, 0.15) is 105 Å². The minimum Gasteiger partial charge on any atom is -0.508 e. The summed E-state index contributed by atoms with van der Waals surface area (Å²) < 4.78 is 88.0. The molecule has 14 rings (SSSR count). The molecule has 10 amide bonds. The Morgan fingerprint density at radius 1 is 0.734 bits per heavy atom. The average molecular weight is 1780 g/mol. The van der Waals surface area contributed by atoms with Crippen LogP contribution in [-0.4, -0.2) is 243 Å². The molecular weight excluding hydrogens is 1690 g/mol. The number of hydrogen-bond donors (Lipinski definition) is 20. The summed E-state index contributed by atoms with van der Waals surface area (Å²) >= 11 is 14.3. The number of amides is 10. The van der Waals surface area contributed by atoms with E-state index in [0.717, 1.165) is 86.0 Å². The predicted octanol–water partition coefficient (Wildman–Crippen LogP) is 2.16. The highest BCUT2D eigenvalue weighted by Crippen LogP contribution is 2.50. The second-order valence-electron chi connectivity index (χ2n) is 30.8. The molecule has 19 unspecified atom stereocenters. The smallest absolute Gasteiger partial charge is 0.508 e. The van der Waals surface area contributed by atoms with Crippen molar-refractivity contribution >= 4 is 82.2 Å². The number of aliphatic hydroxyl groups excluding tert-OH is 6. The van der Waals surface area contributed by atoms with E-state index < -0.39 is 272 Å². The first-order chi connectivity index (χ1) is 58.7. The number of nitrogens with zero attached hydrogens (tertiary/aromatic N) is 1. The zero-order valence-corrected chi connectivity index (χ0v) is 68.2. The first kappa shape index (κ1) is 92.0. The van der Waals surface area contributed by atoms with Gasteiger partial charge in [-0.2, -0.15) is 0 Å². The lowest BCUT2D eigenvalue weighted by Gasteiger charge is -2.49. The van der Waals surface area contributed by atoms with Gasteiger partial charge in [0.1, 0.15) is 101 Å². The molecular formula is C80H91Cl2F3N12O27. The SMILES string of the molecule is CNC(CC(C)C)C(=O)NC1C(=O)NC(CC(N)=O)C(=O)NC2C(=O)NC3C(=O)NC(C(=O)NC(C(=O)NOC)c4cc(O)cc(O)c4-c4cc3ccc4O)C(O)c3ccc(c(Cl)c3)Oc3cc2cc(c3OC2OC(CO)C(O)C(O)C2OC2CC(C)(NCC3CN(C(=O)Nc4ccc(OC(F)(F)F)cc4)CCO3)C(O)C(C)O2)Oc2ccc(cc2Cl)C1O. The maximum absolute atomic E-state index is 16.3. The molecule has 6 aromatic carbocycles. The third kappa shape index (κ3) is 20.9. The number of urea groups is 1. The van der Waals surface area contributed by atoms with Gasteiger partial charge in [0.15, 0.2) is 23.9 Å². The van der Waals surface area contributed by atoms with Gasteiger partial charge in [0.25, 0.3) is 5.91 Å². The molecule has 0 saturated carbocycles. The number of ether oxygens (including phenoxy) is 8. The molecule has 3 fully saturated rings. The van der Waals surface area contributed by atoms with Gasteiger partial charge in [-0.25, -0.2) is 10.3 Å². The van der Waals surface area contributed by atoms with Crippen LogP contribution in [0.4, 0.5) is 23.7 Å². The number of aromatic hydroxyl groups is 3. The van der Waals surface area contributed by atoms with Crippen LogP contribution in [0, 0.1) is 5.92 Å². The largest absolute Gasteiger partial charge is 0.573 e. The number of hydroxylamine groups is 1. The Balaban J connectivity index is 0.997. The highest BCUT2D eigenvalue weighted by atomic mass is 35.5. The van der Waals surface area contributed by atoms with Crippen LogP contribution in [0.15, 0.2) is 103 Å². The molecule has 21 N–H and O–H groups in total. The van der Waals surface area contributed by atoms with Gasteiger partial charge in [-0.05, 0) is 140 Å². The monoisotopic (exact) mass is 1780 g/mol. The normalized spacial score (nSPS) is 27.5. The summed E-state index contributed by atoms with van der Waals surface area (Å²) in [6, 6.07) is 3.19. The fourth-order valence-electron chi connectivity index (χ4n) is 15.1. The fraction of sp³-hybridized carbons (Fsp3) is 0.438. The summed E-state index contributed by atoms with van der Waals surface area (Å²) in [6.45, 7) is 5.65. The van der Waals surface area contributed by atoms with Gasteiger partial charge in [-0.3, -0.25) is 43.2 Å². The van der Waals surface area contributed by atoms with Crippen molar-refractivity contribution < 1.29 is 145 Å². The van der Waals surface area contributed by atoms with Crippen LogP contribution >= 0.6 is 23.2 Å². The fourth-order valence-corrected chi connectivity index (χ4v) is 15.6. The summed E-state index contributed by atoms with van der Waals surface area (Å²) in [6.07, 6.45) is -25.4. The number of carbonyl (C=O) groups is 9. The number of hydrogen-bond acceptors (Lipinski definition) is 29. The number of phenols is 3. The molecule has 0 aromatic heterocycles. The number of morpholine rings is 1. The number of fused-ring (bicyclic) bond motifs is 15. The van der Waals surface area contributed by atoms with E-state index in [1.807, 2.05) is 0 Å². The Morgan fingerprint density at radius 2 is 1.37 bits per heavy atom. The standard InChI is InChI=1S/C80H91Cl2F3N12O27/c1-32(2)19-46(87-5)70(108)94-61-63(103)35-8-15-50(44(81)21-35)119-52-23-37-24-53(67(52)123-77-68(66(106)65(105)54(31-98)121-77)122-56-28-79(4,69(107)33(3)118-56)88-29-41-30-97(17-18-117-41)78(115)89-38-10-12-40(13-11-38)124-80(83,84)85)120-51-16-9-36(22-45(51)82)64(104)62-75(113)93-60(76(114)96-116-6)43-25-39(99)26-49(101)57(43)42-20-34(7-14-48(42)100)58(72(110)95-62)92-73(111)59(37)91-71(109)47(27-55(86)102)90-74(61)112/h7-16,20-26,32-33,41,46-47,54,56,58-66,68-69,77,87-88,98-101,103-107H,17-19,27-31H2,1-6H3,(H2,86,102)(H,89,115)(H,90,112)(H,91,109)(H,92,111)(H,93,113)(H,94,108)(H,95,110)(H,96,114). The number of rotatable bonds is 19. The lowest BCUT2D eigenvalue weighted by molar-refractivity contribution is -0.334. The first-order valence-electron chi connectivity index (χ1n) is 38.8. The van der Waals surface area contributed by atoms with Gasteiger partial charge in [0.2, 0.25) is 53.4 Å². The van der Waals surface area contributed by atoms with Crippen molar-refractivity contribution in [2.75, 3.05) is 52.3 Å². The number of nitrogens with one attached hydrogen (secondary N) is 10. The van der Waals surface area contributed by atoms with Crippen molar-refractivity contribution in [2.24, 2.45) is 11.7 Å². The summed E-state index contributed by atoms with van der Waals surface area (Å²) in [5.74, 6) is -16.2. The molecule has 8 heterocycles. The number of phenolic OH excluding ortho intramolecular Hbond substituents is 3. The van der Waals surface area contributed by atoms with Crippen molar-refractivity contribution in [1.82, 2.24) is 52.9 Å². The molecule has 11 bridgehead atoms. The molecule has 39 nitrogen and oxygen atoms in total. The van der Waals surface area contributed by atoms with Crippen LogP contribution in [0.25, 0.3) is 11.1 Å². The van der Waals surface area contributed by atoms with Crippen LogP contribution in [0.5, 0.6) is 51.7 Å². The second-order valence-corrected chi connectivity index (χ2v) is 31.6. The summed E-state index contributed by atoms with van der Waals surface area (Å²) in [5.41, 5.74) is 3.82. The van der Waals surface area contributed by atoms with E-state index in [1.54, 1.807) is 20.8 Å². The van der Waals surface area contributed by atoms with Crippen LogP contribution in [-0.2, 0) is 62.1 Å². The Labute approximate surface area is 713 Å². The van der Waals surface area contributed by atoms with Crippen LogP contribution in [0.3, 0.4) is 0 Å². The number of likely N-dealkylation sites (N-methyl/N-ethyl adjacent to an activating group) is 1. The average Bonchev–Trinajstić information content (AvgIpc) is 0.766. The summed E-state index contributed by atoms with van der Waals surface area (Å²) in [4.78, 5) is 139. The molecule has 0 aliphatic carbocycles. The molecule has 19 atom stereocenters. The number of alkyl halides is 3. The van der Waals surface area contributed by atoms with Crippen molar-refractivity contribution in [3.63, 3.8) is 0 Å². The van der Waals surface area contributed by atoms with Crippen molar-refractivity contribution in [1.29, 1.82) is 0 Å². The molecule has 0 radical (unpaired) electrons. The van der Waals surface area contributed by atoms with Crippen LogP contribution in [0.2, 0.25) is 10.0 Å². The van der Waals surface area contributed by atoms with Gasteiger partial charge in [0.05, 0.1) is 61.1 Å². The Kier molecular flexibility index (Phi) is 28.6. The van der Waals surface area contributed by atoms with Crippen molar-refractivity contribution in [3.8, 4) is 62.9 Å². The molecule has 3 saturated heterocycles. The van der Waals surface area contributed by atoms with Crippen molar-refractivity contribution in [3.05, 3.63) is 141 Å². The number of halogens is 5. The molecule has 668 valence electrons. The number of benzene rings is 6. The van der Waals surface area contributed by atoms with E-state index in [1.165, 1.54) is 43.1 Å². The van der Waals surface area contributed by atoms with E-state index in [2.05, 4.69) is 58.1 Å². The molecule has 6 aromatic rings. The Morgan fingerprint density at radius 3 is 1.99 bits per heavy atom. The van der Waals surface area contributed by atoms with E-state index in [-0.39, 0.29) is 67.4 Å². The zero-order valence-electron chi connectivity index (χ0n) is 66.7. The van der Waals surface area contributed by atoms with E-state index in [0.29, 0.717) is 0 Å². The van der Waals surface area contributed by atoms with Gasteiger partial charge in [-0.1, -0.05) is 55.2 Å². The van der Waals surface area contributed by atoms with Gasteiger partial charge in [0, 0.05) is 54.5 Å². The topological polar surface area (TPSA) is 568 Å². The van der Waals surface area contributed by atoms with Crippen LogP contribution < -0.4 is 78.0 Å². The van der Waals surface area contributed by atoms with E-state index in [4.69, 9.17) is 66.9 Å². The Bertz CT molecular complexity index is 5030. The molecule has 44 heteroatoms. The number of anilines is 1. The highest BCUT2D eigenvalue weighted by Gasteiger charge is 2.53. The second kappa shape index (κ2) is 38.5. The van der Waals surface area contributed by atoms with E-state index in [9.17, 15) is 78.3 Å². The van der Waals surface area contributed by atoms with E-state index >= 15 is 24.0 Å². The first-order valence-corrected chi connectivity index (χ1v) is 39.5. The van der Waals surface area contributed by atoms with Crippen molar-refractivity contribution in [2.45, 2.75) is 169 Å². The zero-order chi connectivity index (χ0) is 89.8. The predicted molar refractivity (Wildman–Crippen MR) is 424 cm³/mol. The number of primary amides is 1. The summed E-state index contributed by atoms with van der Waals surface area (Å²) in [7, 11) is 2.49. The van der Waals surface area contributed by atoms with Gasteiger partial charge < -0.3 is 142 Å². The van der Waals surface area contributed by atoms with Gasteiger partial charge in [-0.15, -0.1) is 13.2 Å². The van der Waals surface area contributed by atoms with Gasteiger partial charge >= 0.3 is 12.4 Å². The molecule has 0 spiro atoms. The third-order valence-electron chi connectivity index (χ3n) is 21.5. The molecule has 124 heavy (non-hydrogen) atoms. The summed E-state index contributed by atoms with van der Waals surface area (Å²) in [5, 5.41) is 129. The lowest BCUT2D eigenvalue weighted by atomic mass is 9.84. The molecule has 8 aliphatic heterocycles. The minimum absolute atomic E-state index is 0.0198. The number of carbonyl (C=O) groups excluding carboxylic acids is 9. The number of aliphatic hydroxyl groups is 6. The lowest BCUT2D eigenvalue weighted by Crippen LogP contribution is -2.66. The third-order valence-corrected chi connectivity index (χ3v) is 22.0. The Hall–Kier alpha value is -11.2. The molecule has 8 aliphatic rings. The highest BCUT2D eigenvalue weighted by molar-refractivity contribution is 6.32. The minimum atomic E-state index is -4.96. The quantitative estimate of drug-likeness (QED) is 0.0517. The maximum Gasteiger partial charge on any atom is 0.573 e. The number of nitrogens with two attached hydrogens (primary N) is 1. The maximum atomic E-state index is 16.3.